The molecule has 1 N–H and O–H groups in total. The topological polar surface area (TPSA) is 54.6 Å². The normalized spacial score (nSPS) is 28.0. The van der Waals surface area contributed by atoms with Crippen molar-refractivity contribution in [1.29, 1.82) is 0 Å². The lowest BCUT2D eigenvalue weighted by Gasteiger charge is -2.35. The van der Waals surface area contributed by atoms with Gasteiger partial charge in [0, 0.05) is 42.0 Å². The second-order valence-electron chi connectivity index (χ2n) is 6.31. The van der Waals surface area contributed by atoms with Gasteiger partial charge in [-0.3, -0.25) is 0 Å². The Bertz CT molecular complexity index is 682. The van der Waals surface area contributed by atoms with E-state index in [1.807, 2.05) is 24.3 Å². The van der Waals surface area contributed by atoms with Crippen LogP contribution in [0.5, 0.6) is 5.75 Å². The largest absolute Gasteiger partial charge is 0.514 e. The fourth-order valence-electron chi connectivity index (χ4n) is 3.84. The molecule has 2 bridgehead atoms. The minimum absolute atomic E-state index is 0.0218. The number of aromatic amines is 1. The van der Waals surface area contributed by atoms with E-state index in [4.69, 9.17) is 9.47 Å². The first-order chi connectivity index (χ1) is 10.7. The fraction of sp³-hybridized carbons (Fsp3) is 0.471. The Morgan fingerprint density at radius 2 is 1.95 bits per heavy atom. The van der Waals surface area contributed by atoms with Crippen molar-refractivity contribution in [3.63, 3.8) is 0 Å². The predicted molar refractivity (Wildman–Crippen MR) is 83.0 cm³/mol. The van der Waals surface area contributed by atoms with Crippen molar-refractivity contribution in [3.8, 4) is 5.75 Å². The number of hydrogen-bond donors (Lipinski definition) is 1. The SMILES string of the molecule is CN1C2CCC1CC(OC(=O)Oc1c[nH]c3ccccc13)C2. The number of aromatic nitrogens is 1. The number of nitrogens with one attached hydrogen (secondary N) is 1. The summed E-state index contributed by atoms with van der Waals surface area (Å²) in [5.74, 6) is 0.525. The maximum Gasteiger partial charge on any atom is 0.514 e. The lowest BCUT2D eigenvalue weighted by Crippen LogP contribution is -2.43. The van der Waals surface area contributed by atoms with E-state index in [0.717, 1.165) is 23.7 Å². The van der Waals surface area contributed by atoms with Crippen LogP contribution in [-0.4, -0.2) is 41.3 Å². The van der Waals surface area contributed by atoms with Crippen molar-refractivity contribution < 1.29 is 14.3 Å². The number of ether oxygens (including phenoxy) is 2. The number of carbonyl (C=O) groups is 1. The molecular weight excluding hydrogens is 280 g/mol. The van der Waals surface area contributed by atoms with Crippen molar-refractivity contribution in [2.45, 2.75) is 43.9 Å². The zero-order chi connectivity index (χ0) is 15.1. The highest BCUT2D eigenvalue weighted by atomic mass is 16.7. The summed E-state index contributed by atoms with van der Waals surface area (Å²) in [5.41, 5.74) is 0.947. The summed E-state index contributed by atoms with van der Waals surface area (Å²) < 4.78 is 10.9. The molecule has 5 heteroatoms. The summed E-state index contributed by atoms with van der Waals surface area (Å²) in [7, 11) is 2.17. The highest BCUT2D eigenvalue weighted by Crippen LogP contribution is 2.35. The molecule has 0 radical (unpaired) electrons. The van der Waals surface area contributed by atoms with Gasteiger partial charge in [0.1, 0.15) is 6.10 Å². The molecule has 3 heterocycles. The van der Waals surface area contributed by atoms with Crippen LogP contribution < -0.4 is 4.74 Å². The molecule has 0 saturated carbocycles. The van der Waals surface area contributed by atoms with Gasteiger partial charge in [0.05, 0.1) is 0 Å². The number of carbonyl (C=O) groups excluding carboxylic acids is 1. The zero-order valence-corrected chi connectivity index (χ0v) is 12.6. The van der Waals surface area contributed by atoms with Crippen LogP contribution >= 0.6 is 0 Å². The van der Waals surface area contributed by atoms with Gasteiger partial charge in [-0.1, -0.05) is 12.1 Å². The number of rotatable bonds is 2. The Balaban J connectivity index is 1.41. The van der Waals surface area contributed by atoms with Crippen LogP contribution in [0.1, 0.15) is 25.7 Å². The zero-order valence-electron chi connectivity index (χ0n) is 12.6. The summed E-state index contributed by atoms with van der Waals surface area (Å²) in [6.45, 7) is 0. The number of piperidine rings is 1. The van der Waals surface area contributed by atoms with E-state index in [0.29, 0.717) is 17.8 Å². The number of H-pyrrole nitrogens is 1. The minimum Gasteiger partial charge on any atom is -0.431 e. The molecule has 5 nitrogen and oxygen atoms in total. The van der Waals surface area contributed by atoms with Crippen molar-refractivity contribution in [3.05, 3.63) is 30.5 Å². The first kappa shape index (κ1) is 13.6. The Kier molecular flexibility index (Phi) is 3.30. The fourth-order valence-corrected chi connectivity index (χ4v) is 3.84. The van der Waals surface area contributed by atoms with E-state index in [2.05, 4.69) is 16.9 Å². The molecule has 116 valence electrons. The molecule has 2 saturated heterocycles. The van der Waals surface area contributed by atoms with Crippen molar-refractivity contribution in [2.75, 3.05) is 7.05 Å². The summed E-state index contributed by atoms with van der Waals surface area (Å²) in [5, 5.41) is 0.892. The Morgan fingerprint density at radius 1 is 1.23 bits per heavy atom. The van der Waals surface area contributed by atoms with E-state index in [9.17, 15) is 4.79 Å². The maximum absolute atomic E-state index is 12.1. The van der Waals surface area contributed by atoms with E-state index >= 15 is 0 Å². The summed E-state index contributed by atoms with van der Waals surface area (Å²) >= 11 is 0. The second-order valence-corrected chi connectivity index (χ2v) is 6.31. The number of benzene rings is 1. The molecule has 2 aromatic rings. The van der Waals surface area contributed by atoms with Gasteiger partial charge in [0.2, 0.25) is 0 Å². The van der Waals surface area contributed by atoms with Crippen LogP contribution in [0.25, 0.3) is 10.9 Å². The monoisotopic (exact) mass is 300 g/mol. The standard InChI is InChI=1S/C17H20N2O3/c1-19-11-6-7-12(19)9-13(8-11)21-17(20)22-16-10-18-15-5-3-2-4-14(15)16/h2-5,10-13,18H,6-9H2,1H3. The van der Waals surface area contributed by atoms with Gasteiger partial charge in [0.15, 0.2) is 5.75 Å². The Hall–Kier alpha value is -2.01. The van der Waals surface area contributed by atoms with Gasteiger partial charge in [-0.15, -0.1) is 0 Å². The van der Waals surface area contributed by atoms with E-state index in [1.165, 1.54) is 12.8 Å². The molecule has 0 aliphatic carbocycles. The molecule has 2 aliphatic rings. The third kappa shape index (κ3) is 2.35. The van der Waals surface area contributed by atoms with E-state index < -0.39 is 6.16 Å². The summed E-state index contributed by atoms with van der Waals surface area (Å²) in [4.78, 5) is 17.6. The third-order valence-electron chi connectivity index (χ3n) is 5.06. The quantitative estimate of drug-likeness (QED) is 0.865. The lowest BCUT2D eigenvalue weighted by atomic mass is 10.0. The third-order valence-corrected chi connectivity index (χ3v) is 5.06. The highest BCUT2D eigenvalue weighted by Gasteiger charge is 2.40. The summed E-state index contributed by atoms with van der Waals surface area (Å²) in [6, 6.07) is 8.82. The summed E-state index contributed by atoms with van der Waals surface area (Å²) in [6.07, 6.45) is 5.32. The molecule has 2 atom stereocenters. The first-order valence-corrected chi connectivity index (χ1v) is 7.87. The maximum atomic E-state index is 12.1. The minimum atomic E-state index is -0.598. The van der Waals surface area contributed by atoms with Gasteiger partial charge >= 0.3 is 6.16 Å². The lowest BCUT2D eigenvalue weighted by molar-refractivity contribution is 0.00768. The van der Waals surface area contributed by atoms with Crippen LogP contribution in [0, 0.1) is 0 Å². The van der Waals surface area contributed by atoms with Crippen LogP contribution in [-0.2, 0) is 4.74 Å². The van der Waals surface area contributed by atoms with Gasteiger partial charge in [0.25, 0.3) is 0 Å². The molecule has 22 heavy (non-hydrogen) atoms. The van der Waals surface area contributed by atoms with Gasteiger partial charge in [-0.25, -0.2) is 4.79 Å². The van der Waals surface area contributed by atoms with Crippen LogP contribution in [0.3, 0.4) is 0 Å². The van der Waals surface area contributed by atoms with E-state index in [-0.39, 0.29) is 6.10 Å². The number of fused-ring (bicyclic) bond motifs is 3. The predicted octanol–water partition coefficient (Wildman–Crippen LogP) is 3.31. The molecular formula is C17H20N2O3. The molecule has 0 amide bonds. The van der Waals surface area contributed by atoms with Crippen LogP contribution in [0.2, 0.25) is 0 Å². The molecule has 2 fully saturated rings. The molecule has 1 aromatic carbocycles. The molecule has 0 spiro atoms. The second kappa shape index (κ2) is 5.32. The van der Waals surface area contributed by atoms with E-state index in [1.54, 1.807) is 6.20 Å². The van der Waals surface area contributed by atoms with Crippen LogP contribution in [0.4, 0.5) is 4.79 Å². The Morgan fingerprint density at radius 3 is 2.73 bits per heavy atom. The van der Waals surface area contributed by atoms with Gasteiger partial charge < -0.3 is 19.4 Å². The molecule has 2 unspecified atom stereocenters. The van der Waals surface area contributed by atoms with Gasteiger partial charge in [-0.05, 0) is 32.0 Å². The number of nitrogens with zero attached hydrogens (tertiary/aromatic N) is 1. The molecule has 4 rings (SSSR count). The van der Waals surface area contributed by atoms with Crippen molar-refractivity contribution in [1.82, 2.24) is 9.88 Å². The number of para-hydroxylation sites is 1. The highest BCUT2D eigenvalue weighted by molar-refractivity contribution is 5.87. The average Bonchev–Trinajstić information content (AvgIpc) is 2.98. The Labute approximate surface area is 129 Å². The first-order valence-electron chi connectivity index (χ1n) is 7.87. The average molecular weight is 300 g/mol. The number of hydrogen-bond acceptors (Lipinski definition) is 4. The van der Waals surface area contributed by atoms with Crippen molar-refractivity contribution >= 4 is 17.1 Å². The molecule has 2 aliphatic heterocycles. The van der Waals surface area contributed by atoms with Gasteiger partial charge in [-0.2, -0.15) is 0 Å². The van der Waals surface area contributed by atoms with Crippen LogP contribution in [0.15, 0.2) is 30.5 Å². The van der Waals surface area contributed by atoms with Crippen molar-refractivity contribution in [2.24, 2.45) is 0 Å². The molecule has 1 aromatic heterocycles. The smallest absolute Gasteiger partial charge is 0.431 e.